The molecule has 90 valence electrons. The zero-order valence-electron chi connectivity index (χ0n) is 9.49. The topological polar surface area (TPSA) is 35.2 Å². The number of ether oxygens (including phenoxy) is 1. The van der Waals surface area contributed by atoms with Crippen LogP contribution >= 0.6 is 27.3 Å². The Kier molecular flexibility index (Phi) is 4.41. The molecule has 2 N–H and O–H groups in total. The largest absolute Gasteiger partial charge is 0.377 e. The van der Waals surface area contributed by atoms with Crippen LogP contribution in [0.15, 0.2) is 15.9 Å². The van der Waals surface area contributed by atoms with Crippen LogP contribution in [-0.2, 0) is 11.2 Å². The Morgan fingerprint density at radius 2 is 2.31 bits per heavy atom. The van der Waals surface area contributed by atoms with Gasteiger partial charge in [-0.15, -0.1) is 11.3 Å². The molecule has 16 heavy (non-hydrogen) atoms. The summed E-state index contributed by atoms with van der Waals surface area (Å²) in [6.07, 6.45) is 3.75. The van der Waals surface area contributed by atoms with Gasteiger partial charge in [-0.2, -0.15) is 0 Å². The van der Waals surface area contributed by atoms with Crippen molar-refractivity contribution in [1.82, 2.24) is 0 Å². The monoisotopic (exact) mass is 303 g/mol. The molecule has 2 atom stereocenters. The minimum absolute atomic E-state index is 0.137. The molecule has 1 aliphatic rings. The van der Waals surface area contributed by atoms with Gasteiger partial charge >= 0.3 is 0 Å². The molecular formula is C12H18BrNOS. The fourth-order valence-electron chi connectivity index (χ4n) is 2.04. The van der Waals surface area contributed by atoms with E-state index < -0.39 is 0 Å². The fraction of sp³-hybridized carbons (Fsp3) is 0.667. The Hall–Kier alpha value is 0.1000. The summed E-state index contributed by atoms with van der Waals surface area (Å²) in [5.41, 5.74) is 6.25. The van der Waals surface area contributed by atoms with Crippen molar-refractivity contribution in [3.05, 3.63) is 20.8 Å². The Bertz CT molecular complexity index is 338. The first-order chi connectivity index (χ1) is 7.70. The van der Waals surface area contributed by atoms with Crippen LogP contribution in [0, 0.1) is 5.92 Å². The lowest BCUT2D eigenvalue weighted by Crippen LogP contribution is -2.40. The fourth-order valence-corrected chi connectivity index (χ4v) is 3.59. The van der Waals surface area contributed by atoms with Crippen molar-refractivity contribution in [2.45, 2.75) is 38.3 Å². The van der Waals surface area contributed by atoms with E-state index in [1.807, 2.05) is 6.92 Å². The van der Waals surface area contributed by atoms with Gasteiger partial charge in [-0.1, -0.05) is 0 Å². The van der Waals surface area contributed by atoms with Crippen LogP contribution in [0.1, 0.15) is 24.6 Å². The number of rotatable bonds is 6. The van der Waals surface area contributed by atoms with Gasteiger partial charge in [-0.05, 0) is 60.2 Å². The van der Waals surface area contributed by atoms with Crippen LogP contribution in [-0.4, -0.2) is 18.8 Å². The number of nitrogens with two attached hydrogens (primary N) is 1. The Morgan fingerprint density at radius 3 is 2.81 bits per heavy atom. The Balaban J connectivity index is 1.91. The van der Waals surface area contributed by atoms with Gasteiger partial charge in [-0.25, -0.2) is 0 Å². The molecule has 0 aromatic carbocycles. The van der Waals surface area contributed by atoms with E-state index in [4.69, 9.17) is 10.5 Å². The normalized spacial score (nSPS) is 19.7. The Labute approximate surface area is 109 Å². The lowest BCUT2D eigenvalue weighted by molar-refractivity contribution is 0.0289. The van der Waals surface area contributed by atoms with Gasteiger partial charge in [0.25, 0.3) is 0 Å². The van der Waals surface area contributed by atoms with E-state index >= 15 is 0 Å². The minimum atomic E-state index is 0.137. The number of hydrogen-bond acceptors (Lipinski definition) is 3. The summed E-state index contributed by atoms with van der Waals surface area (Å²) in [5.74, 6) is 0.707. The Morgan fingerprint density at radius 1 is 1.56 bits per heavy atom. The summed E-state index contributed by atoms with van der Waals surface area (Å²) in [6.45, 7) is 2.81. The molecule has 0 radical (unpaired) electrons. The van der Waals surface area contributed by atoms with E-state index in [2.05, 4.69) is 28.1 Å². The number of thiophene rings is 1. The van der Waals surface area contributed by atoms with Crippen LogP contribution in [0.25, 0.3) is 0 Å². The average molecular weight is 304 g/mol. The van der Waals surface area contributed by atoms with Crippen molar-refractivity contribution in [2.75, 3.05) is 6.61 Å². The summed E-state index contributed by atoms with van der Waals surface area (Å²) in [5, 5.41) is 0. The van der Waals surface area contributed by atoms with Crippen molar-refractivity contribution in [3.63, 3.8) is 0 Å². The van der Waals surface area contributed by atoms with Gasteiger partial charge in [0.1, 0.15) is 0 Å². The highest BCUT2D eigenvalue weighted by molar-refractivity contribution is 9.11. The van der Waals surface area contributed by atoms with Crippen LogP contribution < -0.4 is 5.73 Å². The van der Waals surface area contributed by atoms with E-state index in [1.54, 1.807) is 11.3 Å². The van der Waals surface area contributed by atoms with Crippen molar-refractivity contribution < 1.29 is 4.74 Å². The summed E-state index contributed by atoms with van der Waals surface area (Å²) in [4.78, 5) is 1.34. The van der Waals surface area contributed by atoms with E-state index in [0.29, 0.717) is 5.92 Å². The first kappa shape index (κ1) is 12.6. The lowest BCUT2D eigenvalue weighted by Gasteiger charge is -2.23. The second-order valence-corrected chi connectivity index (χ2v) is 6.88. The smallest absolute Gasteiger partial charge is 0.0757 e. The molecule has 2 nitrogen and oxygen atoms in total. The molecule has 1 aromatic rings. The van der Waals surface area contributed by atoms with Gasteiger partial charge in [0.2, 0.25) is 0 Å². The van der Waals surface area contributed by atoms with E-state index in [0.717, 1.165) is 13.0 Å². The zero-order chi connectivity index (χ0) is 11.5. The number of hydrogen-bond donors (Lipinski definition) is 1. The summed E-state index contributed by atoms with van der Waals surface area (Å²) >= 11 is 5.24. The third-order valence-electron chi connectivity index (χ3n) is 2.93. The summed E-state index contributed by atoms with van der Waals surface area (Å²) in [6, 6.07) is 4.36. The molecular weight excluding hydrogens is 286 g/mol. The van der Waals surface area contributed by atoms with Crippen LogP contribution in [0.5, 0.6) is 0 Å². The minimum Gasteiger partial charge on any atom is -0.377 e. The maximum Gasteiger partial charge on any atom is 0.0757 e. The zero-order valence-corrected chi connectivity index (χ0v) is 11.9. The van der Waals surface area contributed by atoms with Crippen molar-refractivity contribution in [1.29, 1.82) is 0 Å². The van der Waals surface area contributed by atoms with E-state index in [9.17, 15) is 0 Å². The molecule has 4 heteroatoms. The lowest BCUT2D eigenvalue weighted by atomic mass is 10.0. The van der Waals surface area contributed by atoms with E-state index in [1.165, 1.54) is 21.5 Å². The molecule has 1 fully saturated rings. The molecule has 0 saturated heterocycles. The van der Waals surface area contributed by atoms with Gasteiger partial charge in [0.15, 0.2) is 0 Å². The number of halogens is 1. The standard InChI is InChI=1S/C12H18BrNOS/c1-2-15-12(8-3-4-8)10(14)7-9-5-6-11(13)16-9/h5-6,8,10,12H,2-4,7,14H2,1H3. The average Bonchev–Trinajstić information content (AvgIpc) is 3.00. The highest BCUT2D eigenvalue weighted by Gasteiger charge is 2.35. The first-order valence-corrected chi connectivity index (χ1v) is 7.43. The molecule has 1 heterocycles. The van der Waals surface area contributed by atoms with Gasteiger partial charge < -0.3 is 10.5 Å². The third-order valence-corrected chi connectivity index (χ3v) is 4.58. The first-order valence-electron chi connectivity index (χ1n) is 5.82. The maximum absolute atomic E-state index is 6.25. The van der Waals surface area contributed by atoms with Gasteiger partial charge in [0.05, 0.1) is 9.89 Å². The van der Waals surface area contributed by atoms with E-state index in [-0.39, 0.29) is 12.1 Å². The van der Waals surface area contributed by atoms with Crippen LogP contribution in [0.3, 0.4) is 0 Å². The molecule has 2 unspecified atom stereocenters. The second kappa shape index (κ2) is 5.63. The van der Waals surface area contributed by atoms with Crippen LogP contribution in [0.2, 0.25) is 0 Å². The van der Waals surface area contributed by atoms with Crippen molar-refractivity contribution in [3.8, 4) is 0 Å². The molecule has 0 amide bonds. The molecule has 2 rings (SSSR count). The summed E-state index contributed by atoms with van der Waals surface area (Å²) < 4.78 is 6.95. The SMILES string of the molecule is CCOC(C(N)Cc1ccc(Br)s1)C1CC1. The van der Waals surface area contributed by atoms with Crippen molar-refractivity contribution >= 4 is 27.3 Å². The van der Waals surface area contributed by atoms with Crippen LogP contribution in [0.4, 0.5) is 0 Å². The maximum atomic E-state index is 6.25. The molecule has 1 aromatic heterocycles. The molecule has 0 spiro atoms. The predicted octanol–water partition coefficient (Wildman–Crippen LogP) is 3.20. The second-order valence-electron chi connectivity index (χ2n) is 4.33. The molecule has 0 aliphatic heterocycles. The molecule has 1 saturated carbocycles. The quantitative estimate of drug-likeness (QED) is 0.876. The highest BCUT2D eigenvalue weighted by Crippen LogP contribution is 2.36. The predicted molar refractivity (Wildman–Crippen MR) is 71.8 cm³/mol. The van der Waals surface area contributed by atoms with Gasteiger partial charge in [0, 0.05) is 17.5 Å². The summed E-state index contributed by atoms with van der Waals surface area (Å²) in [7, 11) is 0. The van der Waals surface area contributed by atoms with Crippen molar-refractivity contribution in [2.24, 2.45) is 11.7 Å². The highest BCUT2D eigenvalue weighted by atomic mass is 79.9. The molecule has 1 aliphatic carbocycles. The third kappa shape index (κ3) is 3.29. The van der Waals surface area contributed by atoms with Gasteiger partial charge in [-0.3, -0.25) is 0 Å². The molecule has 0 bridgehead atoms.